The van der Waals surface area contributed by atoms with Crippen molar-refractivity contribution in [1.29, 1.82) is 0 Å². The molecule has 2 heterocycles. The molecule has 11 heteroatoms. The van der Waals surface area contributed by atoms with Gasteiger partial charge in [-0.15, -0.1) is 0 Å². The molecule has 3 atom stereocenters. The molecule has 0 aliphatic carbocycles. The van der Waals surface area contributed by atoms with Gasteiger partial charge in [-0.1, -0.05) is 0 Å². The molecule has 3 N–H and O–H groups in total. The quantitative estimate of drug-likeness (QED) is 0.541. The van der Waals surface area contributed by atoms with Crippen LogP contribution in [-0.2, 0) is 17.5 Å². The van der Waals surface area contributed by atoms with Crippen LogP contribution in [-0.4, -0.2) is 47.3 Å². The fourth-order valence-electron chi connectivity index (χ4n) is 3.25. The first kappa shape index (κ1) is 21.8. The first-order valence-electron chi connectivity index (χ1n) is 8.84. The lowest BCUT2D eigenvalue weighted by molar-refractivity contribution is -0.141. The lowest BCUT2D eigenvalue weighted by atomic mass is 10.0. The molecule has 162 valence electrons. The predicted molar refractivity (Wildman–Crippen MR) is 96.6 cm³/mol. The minimum atomic E-state index is -4.70. The van der Waals surface area contributed by atoms with Crippen molar-refractivity contribution in [3.63, 3.8) is 0 Å². The van der Waals surface area contributed by atoms with Crippen LogP contribution >= 0.6 is 0 Å². The fourth-order valence-corrected chi connectivity index (χ4v) is 3.25. The number of aromatic nitrogens is 1. The number of benzene rings is 1. The van der Waals surface area contributed by atoms with Gasteiger partial charge in [0.25, 0.3) is 0 Å². The molecule has 1 aliphatic heterocycles. The third kappa shape index (κ3) is 4.46. The number of aliphatic hydroxyl groups is 1. The second kappa shape index (κ2) is 8.44. The SMILES string of the molecule is COc1cc(Oc2cc(CN)cc(C(F)(F)F)n2)cc(C2C(O)C(F)CN2C=O)c1. The molecule has 3 unspecified atom stereocenters. The number of carbonyl (C=O) groups excluding carboxylic acids is 1. The van der Waals surface area contributed by atoms with Crippen LogP contribution in [0.3, 0.4) is 0 Å². The van der Waals surface area contributed by atoms with Gasteiger partial charge >= 0.3 is 6.18 Å². The Bertz CT molecular complexity index is 925. The van der Waals surface area contributed by atoms with Gasteiger partial charge in [-0.05, 0) is 29.3 Å². The minimum absolute atomic E-state index is 0.0273. The van der Waals surface area contributed by atoms with Gasteiger partial charge in [0.2, 0.25) is 12.3 Å². The standard InChI is InChI=1S/C19H19F4N3O4/c1-29-12-4-11(17-18(28)14(20)8-26(17)9-27)5-13(6-12)30-16-3-10(7-24)2-15(25-16)19(21,22)23/h2-6,9,14,17-18,28H,7-8,24H2,1H3. The first-order chi connectivity index (χ1) is 14.2. The summed E-state index contributed by atoms with van der Waals surface area (Å²) in [5.74, 6) is -0.0968. The molecule has 0 bridgehead atoms. The van der Waals surface area contributed by atoms with Crippen LogP contribution in [0.1, 0.15) is 22.9 Å². The molecule has 1 aromatic carbocycles. The number of nitrogens with zero attached hydrogens (tertiary/aromatic N) is 2. The van der Waals surface area contributed by atoms with E-state index < -0.39 is 30.2 Å². The summed E-state index contributed by atoms with van der Waals surface area (Å²) in [4.78, 5) is 15.8. The third-order valence-electron chi connectivity index (χ3n) is 4.66. The molecule has 1 fully saturated rings. The molecule has 2 aromatic rings. The van der Waals surface area contributed by atoms with E-state index in [4.69, 9.17) is 15.2 Å². The molecule has 1 aliphatic rings. The normalized spacial score (nSPS) is 21.6. The summed E-state index contributed by atoms with van der Waals surface area (Å²) in [6, 6.07) is 5.29. The van der Waals surface area contributed by atoms with Crippen LogP contribution < -0.4 is 15.2 Å². The van der Waals surface area contributed by atoms with Gasteiger partial charge in [-0.3, -0.25) is 4.79 Å². The molecule has 30 heavy (non-hydrogen) atoms. The van der Waals surface area contributed by atoms with E-state index in [1.807, 2.05) is 0 Å². The van der Waals surface area contributed by atoms with E-state index in [0.717, 1.165) is 11.0 Å². The highest BCUT2D eigenvalue weighted by Crippen LogP contribution is 2.38. The highest BCUT2D eigenvalue weighted by molar-refractivity contribution is 5.52. The number of hydrogen-bond donors (Lipinski definition) is 2. The molecule has 1 amide bonds. The average Bonchev–Trinajstić information content (AvgIpc) is 3.00. The van der Waals surface area contributed by atoms with Crippen molar-refractivity contribution in [1.82, 2.24) is 9.88 Å². The molecule has 0 radical (unpaired) electrons. The predicted octanol–water partition coefficient (Wildman–Crippen LogP) is 2.57. The van der Waals surface area contributed by atoms with E-state index in [9.17, 15) is 27.5 Å². The zero-order chi connectivity index (χ0) is 22.1. The number of methoxy groups -OCH3 is 1. The number of aliphatic hydroxyl groups excluding tert-OH is 1. The van der Waals surface area contributed by atoms with Crippen molar-refractivity contribution in [2.24, 2.45) is 5.73 Å². The summed E-state index contributed by atoms with van der Waals surface area (Å²) in [5, 5.41) is 10.1. The second-order valence-electron chi connectivity index (χ2n) is 6.70. The minimum Gasteiger partial charge on any atom is -0.497 e. The Kier molecular flexibility index (Phi) is 6.13. The zero-order valence-corrected chi connectivity index (χ0v) is 15.8. The number of alkyl halides is 4. The van der Waals surface area contributed by atoms with Crippen molar-refractivity contribution in [3.05, 3.63) is 47.2 Å². The lowest BCUT2D eigenvalue weighted by Crippen LogP contribution is -2.26. The number of likely N-dealkylation sites (tertiary alicyclic amines) is 1. The van der Waals surface area contributed by atoms with Gasteiger partial charge < -0.3 is 25.2 Å². The van der Waals surface area contributed by atoms with Crippen LogP contribution in [0, 0.1) is 0 Å². The molecule has 3 rings (SSSR count). The van der Waals surface area contributed by atoms with E-state index in [2.05, 4.69) is 4.98 Å². The number of halogens is 4. The van der Waals surface area contributed by atoms with Gasteiger partial charge in [-0.2, -0.15) is 13.2 Å². The number of pyridine rings is 1. The molecule has 7 nitrogen and oxygen atoms in total. The Morgan fingerprint density at radius 2 is 1.97 bits per heavy atom. The largest absolute Gasteiger partial charge is 0.497 e. The molecule has 0 saturated carbocycles. The van der Waals surface area contributed by atoms with Gasteiger partial charge in [-0.25, -0.2) is 9.37 Å². The lowest BCUT2D eigenvalue weighted by Gasteiger charge is -2.23. The second-order valence-corrected chi connectivity index (χ2v) is 6.70. The fraction of sp³-hybridized carbons (Fsp3) is 0.368. The van der Waals surface area contributed by atoms with Crippen LogP contribution in [0.5, 0.6) is 17.4 Å². The van der Waals surface area contributed by atoms with E-state index in [1.54, 1.807) is 0 Å². The summed E-state index contributed by atoms with van der Waals surface area (Å²) in [5.41, 5.74) is 4.75. The number of amides is 1. The van der Waals surface area contributed by atoms with E-state index >= 15 is 0 Å². The van der Waals surface area contributed by atoms with Crippen LogP contribution in [0.2, 0.25) is 0 Å². The van der Waals surface area contributed by atoms with Crippen molar-refractivity contribution < 1.29 is 36.9 Å². The zero-order valence-electron chi connectivity index (χ0n) is 15.8. The Balaban J connectivity index is 2.00. The van der Waals surface area contributed by atoms with E-state index in [-0.39, 0.29) is 41.6 Å². The molecule has 0 spiro atoms. The number of rotatable bonds is 6. The number of carbonyl (C=O) groups is 1. The summed E-state index contributed by atoms with van der Waals surface area (Å²) >= 11 is 0. The topological polar surface area (TPSA) is 97.9 Å². The number of nitrogens with two attached hydrogens (primary N) is 1. The third-order valence-corrected chi connectivity index (χ3v) is 4.66. The van der Waals surface area contributed by atoms with Gasteiger partial charge in [0, 0.05) is 18.7 Å². The molecule has 1 saturated heterocycles. The molecule has 1 aromatic heterocycles. The summed E-state index contributed by atoms with van der Waals surface area (Å²) in [6.07, 6.45) is -7.41. The molecular formula is C19H19F4N3O4. The van der Waals surface area contributed by atoms with Crippen LogP contribution in [0.4, 0.5) is 17.6 Å². The Hall–Kier alpha value is -2.92. The van der Waals surface area contributed by atoms with Crippen LogP contribution in [0.15, 0.2) is 30.3 Å². The van der Waals surface area contributed by atoms with Crippen molar-refractivity contribution in [2.75, 3.05) is 13.7 Å². The number of hydrogen-bond acceptors (Lipinski definition) is 6. The Morgan fingerprint density at radius 1 is 1.27 bits per heavy atom. The highest BCUT2D eigenvalue weighted by atomic mass is 19.4. The van der Waals surface area contributed by atoms with Crippen LogP contribution in [0.25, 0.3) is 0 Å². The molecular weight excluding hydrogens is 410 g/mol. The van der Waals surface area contributed by atoms with Gasteiger partial charge in [0.05, 0.1) is 19.7 Å². The summed E-state index contributed by atoms with van der Waals surface area (Å²) < 4.78 is 63.9. The van der Waals surface area contributed by atoms with Gasteiger partial charge in [0.15, 0.2) is 0 Å². The maximum atomic E-state index is 13.9. The average molecular weight is 429 g/mol. The van der Waals surface area contributed by atoms with Crippen molar-refractivity contribution >= 4 is 6.41 Å². The van der Waals surface area contributed by atoms with Gasteiger partial charge in [0.1, 0.15) is 29.5 Å². The first-order valence-corrected chi connectivity index (χ1v) is 8.84. The summed E-state index contributed by atoms with van der Waals surface area (Å²) in [7, 11) is 1.35. The van der Waals surface area contributed by atoms with E-state index in [0.29, 0.717) is 6.41 Å². The smallest absolute Gasteiger partial charge is 0.433 e. The summed E-state index contributed by atoms with van der Waals surface area (Å²) in [6.45, 7) is -0.455. The number of ether oxygens (including phenoxy) is 2. The van der Waals surface area contributed by atoms with E-state index in [1.165, 1.54) is 31.4 Å². The van der Waals surface area contributed by atoms with Crippen molar-refractivity contribution in [2.45, 2.75) is 31.0 Å². The maximum Gasteiger partial charge on any atom is 0.433 e. The van der Waals surface area contributed by atoms with Crippen molar-refractivity contribution in [3.8, 4) is 17.4 Å². The Morgan fingerprint density at radius 3 is 2.57 bits per heavy atom. The Labute approximate surface area is 169 Å². The monoisotopic (exact) mass is 429 g/mol. The maximum absolute atomic E-state index is 13.9. The highest BCUT2D eigenvalue weighted by Gasteiger charge is 2.42.